The van der Waals surface area contributed by atoms with Crippen LogP contribution in [-0.4, -0.2) is 8.42 Å². The Morgan fingerprint density at radius 3 is 1.51 bits per heavy atom. The van der Waals surface area contributed by atoms with Crippen molar-refractivity contribution < 1.29 is 27.9 Å². The minimum absolute atomic E-state index is 0. The molecule has 4 aromatic carbocycles. The van der Waals surface area contributed by atoms with E-state index in [4.69, 9.17) is 5.73 Å². The number of nitrogens with two attached hydrogens (primary N) is 1. The summed E-state index contributed by atoms with van der Waals surface area (Å²) in [5, 5.41) is 0. The SMILES string of the molecule is Cc1ccc(C(C)C)cc1.Cc1ccc(S(=O)(=O)[N-][C@@H](c2ccccc2)[C@@H](N)c2ccccc2)cc1.[RuH+]. The molecule has 4 rings (SSSR count). The monoisotopic (exact) mass is 602 g/mol. The van der Waals surface area contributed by atoms with Gasteiger partial charge in [-0.1, -0.05) is 134 Å². The number of aryl methyl sites for hydroxylation is 2. The average Bonchev–Trinajstić information content (AvgIpc) is 2.89. The zero-order valence-electron chi connectivity index (χ0n) is 21.8. The van der Waals surface area contributed by atoms with Gasteiger partial charge in [-0.15, -0.1) is 0 Å². The molecule has 196 valence electrons. The van der Waals surface area contributed by atoms with Crippen molar-refractivity contribution in [2.24, 2.45) is 5.73 Å². The molecule has 0 aliphatic rings. The van der Waals surface area contributed by atoms with Crippen molar-refractivity contribution in [1.82, 2.24) is 0 Å². The molecule has 0 heterocycles. The molecule has 0 aliphatic carbocycles. The van der Waals surface area contributed by atoms with Crippen LogP contribution in [-0.2, 0) is 29.5 Å². The summed E-state index contributed by atoms with van der Waals surface area (Å²) >= 11 is 0. The summed E-state index contributed by atoms with van der Waals surface area (Å²) in [6.45, 7) is 8.45. The van der Waals surface area contributed by atoms with Crippen molar-refractivity contribution in [2.75, 3.05) is 0 Å². The third-order valence-corrected chi connectivity index (χ3v) is 7.35. The fourth-order valence-electron chi connectivity index (χ4n) is 3.71. The van der Waals surface area contributed by atoms with E-state index in [9.17, 15) is 8.42 Å². The molecule has 0 saturated carbocycles. The Hall–Kier alpha value is -2.63. The second-order valence-electron chi connectivity index (χ2n) is 9.25. The summed E-state index contributed by atoms with van der Waals surface area (Å²) in [4.78, 5) is 0.171. The summed E-state index contributed by atoms with van der Waals surface area (Å²) in [6.07, 6.45) is 0. The summed E-state index contributed by atoms with van der Waals surface area (Å²) in [5.74, 6) is 0.653. The topological polar surface area (TPSA) is 74.3 Å². The fraction of sp³-hybridized carbons (Fsp3) is 0.226. The van der Waals surface area contributed by atoms with Gasteiger partial charge in [-0.3, -0.25) is 0 Å². The molecular weight excluding hydrogens is 565 g/mol. The number of hydrogen-bond acceptors (Lipinski definition) is 3. The summed E-state index contributed by atoms with van der Waals surface area (Å²) in [5.41, 5.74) is 11.8. The summed E-state index contributed by atoms with van der Waals surface area (Å²) in [7, 11) is -3.83. The quantitative estimate of drug-likeness (QED) is 0.225. The molecule has 1 radical (unpaired) electrons. The van der Waals surface area contributed by atoms with E-state index in [1.165, 1.54) is 11.1 Å². The second-order valence-corrected chi connectivity index (χ2v) is 10.9. The number of sulfonamides is 1. The number of benzene rings is 4. The first-order valence-corrected chi connectivity index (χ1v) is 13.6. The van der Waals surface area contributed by atoms with Gasteiger partial charge in [0.1, 0.15) is 10.0 Å². The molecular formula is C31H36N2O2RuS. The molecule has 0 saturated heterocycles. The van der Waals surface area contributed by atoms with E-state index in [0.29, 0.717) is 5.92 Å². The third-order valence-electron chi connectivity index (χ3n) is 5.98. The van der Waals surface area contributed by atoms with Crippen LogP contribution in [0.25, 0.3) is 4.72 Å². The van der Waals surface area contributed by atoms with Gasteiger partial charge in [0.25, 0.3) is 0 Å². The van der Waals surface area contributed by atoms with E-state index in [1.54, 1.807) is 24.3 Å². The first-order chi connectivity index (χ1) is 17.2. The molecule has 0 bridgehead atoms. The van der Waals surface area contributed by atoms with Gasteiger partial charge in [-0.2, -0.15) is 0 Å². The first kappa shape index (κ1) is 30.6. The Balaban J connectivity index is 0.000000369. The van der Waals surface area contributed by atoms with E-state index < -0.39 is 22.1 Å². The van der Waals surface area contributed by atoms with Gasteiger partial charge in [0.15, 0.2) is 0 Å². The van der Waals surface area contributed by atoms with E-state index in [-0.39, 0.29) is 24.4 Å². The molecule has 2 N–H and O–H groups in total. The summed E-state index contributed by atoms with van der Waals surface area (Å²) in [6, 6.07) is 32.8. The molecule has 0 fully saturated rings. The molecule has 0 aliphatic heterocycles. The van der Waals surface area contributed by atoms with Gasteiger partial charge >= 0.3 is 19.5 Å². The van der Waals surface area contributed by atoms with Crippen LogP contribution in [0.5, 0.6) is 0 Å². The van der Waals surface area contributed by atoms with Crippen LogP contribution in [0, 0.1) is 13.8 Å². The second kappa shape index (κ2) is 14.3. The number of nitrogens with zero attached hydrogens (tertiary/aromatic N) is 1. The van der Waals surface area contributed by atoms with Gasteiger partial charge in [0.2, 0.25) is 0 Å². The standard InChI is InChI=1S/C21H21N2O2S.C10H14.Ru.H/c1-16-12-14-19(15-13-16)26(24,25)23-21(18-10-6-3-7-11-18)20(22)17-8-4-2-5-9-17;1-8(2)10-6-4-9(3)5-7-10;;/h2-15,20-21H,22H2,1H3;4-8H,1-3H3;;/q-1;;+1;/t20-,21-;;;/m0.../s1. The van der Waals surface area contributed by atoms with Crippen LogP contribution in [0.3, 0.4) is 0 Å². The zero-order valence-corrected chi connectivity index (χ0v) is 24.4. The maximum atomic E-state index is 12.8. The Bertz CT molecular complexity index is 1310. The van der Waals surface area contributed by atoms with E-state index in [0.717, 1.165) is 16.7 Å². The molecule has 0 spiro atoms. The predicted molar refractivity (Wildman–Crippen MR) is 151 cm³/mol. The molecule has 0 aromatic heterocycles. The van der Waals surface area contributed by atoms with Crippen LogP contribution in [0.15, 0.2) is 114 Å². The van der Waals surface area contributed by atoms with Crippen molar-refractivity contribution >= 4 is 10.0 Å². The Morgan fingerprint density at radius 2 is 1.05 bits per heavy atom. The number of hydrogen-bond donors (Lipinski definition) is 1. The Morgan fingerprint density at radius 1 is 0.622 bits per heavy atom. The van der Waals surface area contributed by atoms with Gasteiger partial charge in [0.05, 0.1) is 0 Å². The van der Waals surface area contributed by atoms with Crippen LogP contribution in [0.4, 0.5) is 0 Å². The zero-order chi connectivity index (χ0) is 26.1. The first-order valence-electron chi connectivity index (χ1n) is 12.1. The summed E-state index contributed by atoms with van der Waals surface area (Å²) < 4.78 is 29.9. The van der Waals surface area contributed by atoms with E-state index >= 15 is 0 Å². The number of rotatable bonds is 7. The van der Waals surface area contributed by atoms with Crippen LogP contribution >= 0.6 is 0 Å². The molecule has 37 heavy (non-hydrogen) atoms. The van der Waals surface area contributed by atoms with Crippen LogP contribution < -0.4 is 5.73 Å². The maximum absolute atomic E-state index is 12.8. The molecule has 2 atom stereocenters. The molecule has 4 nitrogen and oxygen atoms in total. The van der Waals surface area contributed by atoms with Gasteiger partial charge in [-0.05, 0) is 43.0 Å². The fourth-order valence-corrected chi connectivity index (χ4v) is 4.87. The van der Waals surface area contributed by atoms with Gasteiger partial charge in [-0.25, -0.2) is 8.42 Å². The average molecular weight is 602 g/mol. The van der Waals surface area contributed by atoms with Crippen molar-refractivity contribution in [1.29, 1.82) is 0 Å². The van der Waals surface area contributed by atoms with Crippen molar-refractivity contribution in [3.05, 3.63) is 142 Å². The van der Waals surface area contributed by atoms with Gasteiger partial charge < -0.3 is 10.5 Å². The van der Waals surface area contributed by atoms with Crippen molar-refractivity contribution in [3.8, 4) is 0 Å². The van der Waals surface area contributed by atoms with Crippen molar-refractivity contribution in [2.45, 2.75) is 50.6 Å². The molecule has 0 unspecified atom stereocenters. The van der Waals surface area contributed by atoms with E-state index in [2.05, 4.69) is 49.8 Å². The molecule has 6 heteroatoms. The molecule has 0 amide bonds. The predicted octanol–water partition coefficient (Wildman–Crippen LogP) is 7.35. The molecule has 4 aromatic rings. The minimum atomic E-state index is -3.83. The Kier molecular flexibility index (Phi) is 11.9. The normalized spacial score (nSPS) is 12.6. The Labute approximate surface area is 235 Å². The third kappa shape index (κ3) is 9.01. The van der Waals surface area contributed by atoms with Crippen molar-refractivity contribution in [3.63, 3.8) is 0 Å². The van der Waals surface area contributed by atoms with Gasteiger partial charge in [0, 0.05) is 10.9 Å². The van der Waals surface area contributed by atoms with E-state index in [1.807, 2.05) is 67.6 Å². The van der Waals surface area contributed by atoms with Crippen LogP contribution in [0.2, 0.25) is 0 Å². The van der Waals surface area contributed by atoms with Crippen LogP contribution in [0.1, 0.15) is 59.7 Å².